The normalized spacial score (nSPS) is 9.60. The minimum atomic E-state index is 0.723. The molecule has 0 aliphatic rings. The molecule has 1 nitrogen and oxygen atoms in total. The number of nitrogens with zero attached hydrogens (tertiary/aromatic N) is 1. The highest BCUT2D eigenvalue weighted by molar-refractivity contribution is 5.81. The summed E-state index contributed by atoms with van der Waals surface area (Å²) in [7, 11) is 0. The second-order valence-corrected chi connectivity index (χ2v) is 3.45. The summed E-state index contributed by atoms with van der Waals surface area (Å²) in [5, 5.41) is 0. The molecule has 2 aromatic carbocycles. The van der Waals surface area contributed by atoms with Gasteiger partial charge in [-0.15, -0.1) is 0 Å². The highest BCUT2D eigenvalue weighted by Crippen LogP contribution is 2.32. The number of hydrogen-bond acceptors (Lipinski definition) is 0. The van der Waals surface area contributed by atoms with Gasteiger partial charge in [0.2, 0.25) is 0 Å². The van der Waals surface area contributed by atoms with E-state index in [0.717, 1.165) is 22.4 Å². The zero-order valence-electron chi connectivity index (χ0n) is 8.57. The van der Waals surface area contributed by atoms with Gasteiger partial charge in [-0.05, 0) is 18.1 Å². The van der Waals surface area contributed by atoms with E-state index in [2.05, 4.69) is 4.85 Å². The zero-order valence-corrected chi connectivity index (χ0v) is 8.57. The summed E-state index contributed by atoms with van der Waals surface area (Å²) in [6.07, 6.45) is 0. The third-order valence-corrected chi connectivity index (χ3v) is 2.43. The molecule has 0 atom stereocenters. The molecule has 0 unspecified atom stereocenters. The molecular formula is C14H11N. The van der Waals surface area contributed by atoms with Crippen molar-refractivity contribution in [2.75, 3.05) is 0 Å². The van der Waals surface area contributed by atoms with E-state index in [1.807, 2.05) is 55.5 Å². The van der Waals surface area contributed by atoms with Crippen LogP contribution in [0, 0.1) is 13.5 Å². The molecule has 0 heterocycles. The Balaban J connectivity index is 2.68. The molecular weight excluding hydrogens is 182 g/mol. The van der Waals surface area contributed by atoms with E-state index in [0.29, 0.717) is 0 Å². The fourth-order valence-corrected chi connectivity index (χ4v) is 1.73. The van der Waals surface area contributed by atoms with E-state index in [9.17, 15) is 0 Å². The van der Waals surface area contributed by atoms with Gasteiger partial charge in [0.05, 0.1) is 6.57 Å². The monoisotopic (exact) mass is 193 g/mol. The summed E-state index contributed by atoms with van der Waals surface area (Å²) in [5.41, 5.74) is 4.03. The van der Waals surface area contributed by atoms with E-state index < -0.39 is 0 Å². The molecule has 0 fully saturated rings. The van der Waals surface area contributed by atoms with Crippen molar-refractivity contribution < 1.29 is 0 Å². The van der Waals surface area contributed by atoms with Gasteiger partial charge >= 0.3 is 0 Å². The van der Waals surface area contributed by atoms with Gasteiger partial charge in [0.25, 0.3) is 0 Å². The smallest absolute Gasteiger partial charge is 0.195 e. The van der Waals surface area contributed by atoms with Gasteiger partial charge < -0.3 is 0 Å². The molecule has 0 aromatic heterocycles. The van der Waals surface area contributed by atoms with Crippen LogP contribution in [0.1, 0.15) is 5.56 Å². The Labute approximate surface area is 89.8 Å². The SMILES string of the molecule is [C-]#[N+]c1cccc(C)c1-c1ccccc1. The number of benzene rings is 2. The lowest BCUT2D eigenvalue weighted by molar-refractivity contribution is 1.47. The third kappa shape index (κ3) is 1.75. The van der Waals surface area contributed by atoms with Crippen LogP contribution in [-0.4, -0.2) is 0 Å². The molecule has 0 saturated carbocycles. The lowest BCUT2D eigenvalue weighted by atomic mass is 9.99. The Hall–Kier alpha value is -2.07. The molecule has 0 bridgehead atoms. The lowest BCUT2D eigenvalue weighted by Gasteiger charge is -2.07. The van der Waals surface area contributed by atoms with Crippen LogP contribution in [0.4, 0.5) is 5.69 Å². The third-order valence-electron chi connectivity index (χ3n) is 2.43. The zero-order chi connectivity index (χ0) is 10.7. The molecule has 72 valence electrons. The molecule has 2 aromatic rings. The largest absolute Gasteiger partial charge is 0.238 e. The second-order valence-electron chi connectivity index (χ2n) is 3.45. The Morgan fingerprint density at radius 2 is 1.67 bits per heavy atom. The molecule has 0 radical (unpaired) electrons. The number of rotatable bonds is 1. The van der Waals surface area contributed by atoms with Crippen molar-refractivity contribution in [2.45, 2.75) is 6.92 Å². The minimum Gasteiger partial charge on any atom is -0.238 e. The average molecular weight is 193 g/mol. The standard InChI is InChI=1S/C14H11N/c1-11-7-6-10-13(15-2)14(11)12-8-4-3-5-9-12/h3-10H,1H3. The Morgan fingerprint density at radius 1 is 0.933 bits per heavy atom. The topological polar surface area (TPSA) is 4.36 Å². The van der Waals surface area contributed by atoms with Crippen LogP contribution < -0.4 is 0 Å². The van der Waals surface area contributed by atoms with E-state index >= 15 is 0 Å². The molecule has 0 aliphatic carbocycles. The van der Waals surface area contributed by atoms with Crippen LogP contribution in [0.3, 0.4) is 0 Å². The summed E-state index contributed by atoms with van der Waals surface area (Å²) in [6, 6.07) is 15.9. The van der Waals surface area contributed by atoms with Gasteiger partial charge in [-0.2, -0.15) is 0 Å². The maximum atomic E-state index is 7.16. The number of hydrogen-bond donors (Lipinski definition) is 0. The number of aryl methyl sites for hydroxylation is 1. The maximum absolute atomic E-state index is 7.16. The van der Waals surface area contributed by atoms with Crippen LogP contribution in [0.25, 0.3) is 16.0 Å². The highest BCUT2D eigenvalue weighted by Gasteiger charge is 2.06. The molecule has 2 rings (SSSR count). The van der Waals surface area contributed by atoms with Crippen molar-refractivity contribution >= 4 is 5.69 Å². The van der Waals surface area contributed by atoms with Gasteiger partial charge in [0.15, 0.2) is 5.69 Å². The van der Waals surface area contributed by atoms with Crippen molar-refractivity contribution in [1.82, 2.24) is 0 Å². The van der Waals surface area contributed by atoms with Crippen molar-refractivity contribution in [1.29, 1.82) is 0 Å². The molecule has 1 heteroatoms. The fraction of sp³-hybridized carbons (Fsp3) is 0.0714. The van der Waals surface area contributed by atoms with Crippen molar-refractivity contribution in [3.8, 4) is 11.1 Å². The summed E-state index contributed by atoms with van der Waals surface area (Å²) in [6.45, 7) is 9.19. The quantitative estimate of drug-likeness (QED) is 0.597. The van der Waals surface area contributed by atoms with E-state index in [-0.39, 0.29) is 0 Å². The summed E-state index contributed by atoms with van der Waals surface area (Å²) in [4.78, 5) is 3.56. The van der Waals surface area contributed by atoms with Crippen LogP contribution in [0.2, 0.25) is 0 Å². The Morgan fingerprint density at radius 3 is 2.33 bits per heavy atom. The van der Waals surface area contributed by atoms with Gasteiger partial charge in [-0.1, -0.05) is 54.1 Å². The molecule has 0 N–H and O–H groups in total. The Kier molecular flexibility index (Phi) is 2.51. The second kappa shape index (κ2) is 3.98. The minimum absolute atomic E-state index is 0.723. The average Bonchev–Trinajstić information content (AvgIpc) is 2.29. The van der Waals surface area contributed by atoms with Crippen molar-refractivity contribution in [3.05, 3.63) is 65.5 Å². The van der Waals surface area contributed by atoms with Crippen LogP contribution in [-0.2, 0) is 0 Å². The van der Waals surface area contributed by atoms with Crippen LogP contribution in [0.15, 0.2) is 48.5 Å². The van der Waals surface area contributed by atoms with E-state index in [4.69, 9.17) is 6.57 Å². The summed E-state index contributed by atoms with van der Waals surface area (Å²) in [5.74, 6) is 0. The first kappa shape index (κ1) is 9.48. The van der Waals surface area contributed by atoms with E-state index in [1.54, 1.807) is 0 Å². The molecule has 0 spiro atoms. The van der Waals surface area contributed by atoms with Gasteiger partial charge in [0.1, 0.15) is 0 Å². The molecule has 15 heavy (non-hydrogen) atoms. The first-order valence-corrected chi connectivity index (χ1v) is 4.85. The van der Waals surface area contributed by atoms with Crippen LogP contribution >= 0.6 is 0 Å². The fourth-order valence-electron chi connectivity index (χ4n) is 1.73. The molecule has 0 saturated heterocycles. The summed E-state index contributed by atoms with van der Waals surface area (Å²) < 4.78 is 0. The van der Waals surface area contributed by atoms with Crippen molar-refractivity contribution in [2.24, 2.45) is 0 Å². The first-order chi connectivity index (χ1) is 7.33. The van der Waals surface area contributed by atoms with Gasteiger partial charge in [-0.25, -0.2) is 4.85 Å². The Bertz CT molecular complexity index is 507. The van der Waals surface area contributed by atoms with Gasteiger partial charge in [0, 0.05) is 0 Å². The molecule has 0 amide bonds. The van der Waals surface area contributed by atoms with Crippen LogP contribution in [0.5, 0.6) is 0 Å². The highest BCUT2D eigenvalue weighted by atomic mass is 14.6. The first-order valence-electron chi connectivity index (χ1n) is 4.85. The van der Waals surface area contributed by atoms with E-state index in [1.165, 1.54) is 0 Å². The summed E-state index contributed by atoms with van der Waals surface area (Å²) >= 11 is 0. The predicted octanol–water partition coefficient (Wildman–Crippen LogP) is 4.21. The predicted molar refractivity (Wildman–Crippen MR) is 62.9 cm³/mol. The maximum Gasteiger partial charge on any atom is 0.195 e. The molecule has 0 aliphatic heterocycles. The lowest BCUT2D eigenvalue weighted by Crippen LogP contribution is -1.82. The van der Waals surface area contributed by atoms with Gasteiger partial charge in [-0.3, -0.25) is 0 Å². The van der Waals surface area contributed by atoms with Crippen molar-refractivity contribution in [3.63, 3.8) is 0 Å².